The normalized spacial score (nSPS) is 17.7. The average molecular weight is 230 g/mol. The Kier molecular flexibility index (Phi) is 2.81. The van der Waals surface area contributed by atoms with Crippen LogP contribution in [0.15, 0.2) is 18.3 Å². The Morgan fingerprint density at radius 3 is 2.82 bits per heavy atom. The highest BCUT2D eigenvalue weighted by Crippen LogP contribution is 2.31. The molecule has 2 N–H and O–H groups in total. The van der Waals surface area contributed by atoms with Gasteiger partial charge in [-0.3, -0.25) is 4.40 Å². The van der Waals surface area contributed by atoms with Gasteiger partial charge in [-0.2, -0.15) is 0 Å². The van der Waals surface area contributed by atoms with E-state index < -0.39 is 0 Å². The van der Waals surface area contributed by atoms with Crippen LogP contribution in [-0.4, -0.2) is 14.6 Å². The van der Waals surface area contributed by atoms with Gasteiger partial charge in [0.15, 0.2) is 5.65 Å². The molecule has 90 valence electrons. The summed E-state index contributed by atoms with van der Waals surface area (Å²) in [5, 5.41) is 8.68. The first-order valence-corrected chi connectivity index (χ1v) is 6.42. The van der Waals surface area contributed by atoms with Gasteiger partial charge >= 0.3 is 0 Å². The summed E-state index contributed by atoms with van der Waals surface area (Å²) in [5.74, 6) is 1.70. The maximum Gasteiger partial charge on any atom is 0.165 e. The van der Waals surface area contributed by atoms with Gasteiger partial charge in [0.1, 0.15) is 5.82 Å². The fourth-order valence-electron chi connectivity index (χ4n) is 2.79. The van der Waals surface area contributed by atoms with E-state index >= 15 is 0 Å². The molecule has 0 aliphatic heterocycles. The van der Waals surface area contributed by atoms with Crippen LogP contribution < -0.4 is 5.73 Å². The lowest BCUT2D eigenvalue weighted by molar-refractivity contribution is 0.426. The molecule has 2 aromatic heterocycles. The fraction of sp³-hybridized carbons (Fsp3) is 0.538. The van der Waals surface area contributed by atoms with E-state index in [9.17, 15) is 0 Å². The van der Waals surface area contributed by atoms with Crippen molar-refractivity contribution in [1.82, 2.24) is 14.6 Å². The molecule has 1 aliphatic rings. The molecule has 0 unspecified atom stereocenters. The minimum absolute atomic E-state index is 0.521. The van der Waals surface area contributed by atoms with Crippen LogP contribution in [0.2, 0.25) is 0 Å². The number of aromatic nitrogens is 3. The zero-order chi connectivity index (χ0) is 11.7. The first-order valence-electron chi connectivity index (χ1n) is 6.42. The molecule has 0 bridgehead atoms. The predicted octanol–water partition coefficient (Wildman–Crippen LogP) is 2.24. The van der Waals surface area contributed by atoms with Gasteiger partial charge in [-0.15, -0.1) is 10.2 Å². The molecule has 2 heterocycles. The molecule has 1 fully saturated rings. The van der Waals surface area contributed by atoms with Crippen LogP contribution in [0.3, 0.4) is 0 Å². The van der Waals surface area contributed by atoms with E-state index in [1.165, 1.54) is 32.1 Å². The Bertz CT molecular complexity index is 511. The second kappa shape index (κ2) is 4.45. The summed E-state index contributed by atoms with van der Waals surface area (Å²) in [7, 11) is 0. The van der Waals surface area contributed by atoms with E-state index in [0.29, 0.717) is 12.5 Å². The van der Waals surface area contributed by atoms with Gasteiger partial charge in [0, 0.05) is 24.2 Å². The highest BCUT2D eigenvalue weighted by Gasteiger charge is 2.21. The summed E-state index contributed by atoms with van der Waals surface area (Å²) < 4.78 is 2.12. The maximum absolute atomic E-state index is 5.72. The van der Waals surface area contributed by atoms with Gasteiger partial charge in [0.05, 0.1) is 0 Å². The Morgan fingerprint density at radius 1 is 1.24 bits per heavy atom. The Balaban J connectivity index is 2.05. The van der Waals surface area contributed by atoms with Crippen molar-refractivity contribution in [3.63, 3.8) is 0 Å². The van der Waals surface area contributed by atoms with E-state index in [4.69, 9.17) is 5.73 Å². The van der Waals surface area contributed by atoms with E-state index in [-0.39, 0.29) is 0 Å². The summed E-state index contributed by atoms with van der Waals surface area (Å²) in [5.41, 5.74) is 7.72. The molecule has 0 radical (unpaired) electrons. The quantitative estimate of drug-likeness (QED) is 0.860. The number of nitrogens with two attached hydrogens (primary N) is 1. The highest BCUT2D eigenvalue weighted by molar-refractivity contribution is 5.47. The Hall–Kier alpha value is -1.42. The molecule has 0 amide bonds. The number of fused-ring (bicyclic) bond motifs is 1. The fourth-order valence-corrected chi connectivity index (χ4v) is 2.79. The molecule has 17 heavy (non-hydrogen) atoms. The first-order chi connectivity index (χ1) is 8.40. The van der Waals surface area contributed by atoms with Crippen molar-refractivity contribution in [2.24, 2.45) is 5.73 Å². The zero-order valence-corrected chi connectivity index (χ0v) is 9.97. The lowest BCUT2D eigenvalue weighted by Crippen LogP contribution is -2.09. The van der Waals surface area contributed by atoms with E-state index in [1.54, 1.807) is 0 Å². The second-order valence-corrected chi connectivity index (χ2v) is 4.82. The van der Waals surface area contributed by atoms with Crippen LogP contribution in [0.5, 0.6) is 0 Å². The van der Waals surface area contributed by atoms with Crippen LogP contribution in [-0.2, 0) is 6.54 Å². The molecule has 1 aliphatic carbocycles. The molecule has 2 aromatic rings. The van der Waals surface area contributed by atoms with Crippen LogP contribution in [0.25, 0.3) is 5.65 Å². The van der Waals surface area contributed by atoms with Crippen molar-refractivity contribution in [3.05, 3.63) is 29.7 Å². The van der Waals surface area contributed by atoms with Crippen molar-refractivity contribution in [2.45, 2.75) is 44.6 Å². The van der Waals surface area contributed by atoms with Crippen molar-refractivity contribution in [2.75, 3.05) is 0 Å². The predicted molar refractivity (Wildman–Crippen MR) is 66.7 cm³/mol. The Morgan fingerprint density at radius 2 is 2.06 bits per heavy atom. The minimum atomic E-state index is 0.521. The number of pyridine rings is 1. The summed E-state index contributed by atoms with van der Waals surface area (Å²) in [4.78, 5) is 0. The average Bonchev–Trinajstić information content (AvgIpc) is 2.83. The monoisotopic (exact) mass is 230 g/mol. The second-order valence-electron chi connectivity index (χ2n) is 4.82. The summed E-state index contributed by atoms with van der Waals surface area (Å²) in [6.45, 7) is 0.521. The molecule has 0 saturated heterocycles. The van der Waals surface area contributed by atoms with Crippen molar-refractivity contribution in [3.8, 4) is 0 Å². The SMILES string of the molecule is NCc1cccn2c(C3CCCCC3)nnc12. The number of nitrogens with zero attached hydrogens (tertiary/aromatic N) is 3. The molecule has 0 atom stereocenters. The summed E-state index contributed by atoms with van der Waals surface area (Å²) in [6, 6.07) is 4.06. The molecule has 1 saturated carbocycles. The minimum Gasteiger partial charge on any atom is -0.326 e. The highest BCUT2D eigenvalue weighted by atomic mass is 15.2. The first kappa shape index (κ1) is 10.7. The maximum atomic E-state index is 5.72. The molecule has 4 heteroatoms. The number of rotatable bonds is 2. The smallest absolute Gasteiger partial charge is 0.165 e. The molecule has 4 nitrogen and oxygen atoms in total. The third-order valence-electron chi connectivity index (χ3n) is 3.73. The van der Waals surface area contributed by atoms with Crippen molar-refractivity contribution < 1.29 is 0 Å². The van der Waals surface area contributed by atoms with Crippen LogP contribution in [0.1, 0.15) is 49.4 Å². The molecule has 3 rings (SSSR count). The van der Waals surface area contributed by atoms with E-state index in [2.05, 4.69) is 20.8 Å². The topological polar surface area (TPSA) is 56.2 Å². The third kappa shape index (κ3) is 1.82. The van der Waals surface area contributed by atoms with Gasteiger partial charge in [-0.05, 0) is 18.9 Å². The summed E-state index contributed by atoms with van der Waals surface area (Å²) >= 11 is 0. The van der Waals surface area contributed by atoms with Gasteiger partial charge < -0.3 is 5.73 Å². The lowest BCUT2D eigenvalue weighted by Gasteiger charge is -2.19. The number of hydrogen-bond donors (Lipinski definition) is 1. The largest absolute Gasteiger partial charge is 0.326 e. The standard InChI is InChI=1S/C13H18N4/c14-9-11-7-4-8-17-12(15-16-13(11)17)10-5-2-1-3-6-10/h4,7-8,10H,1-3,5-6,9,14H2. The third-order valence-corrected chi connectivity index (χ3v) is 3.73. The van der Waals surface area contributed by atoms with Gasteiger partial charge in [-0.1, -0.05) is 25.3 Å². The molecule has 0 aromatic carbocycles. The summed E-state index contributed by atoms with van der Waals surface area (Å²) in [6.07, 6.45) is 8.54. The van der Waals surface area contributed by atoms with Crippen LogP contribution in [0, 0.1) is 0 Å². The van der Waals surface area contributed by atoms with E-state index in [1.807, 2.05) is 12.1 Å². The van der Waals surface area contributed by atoms with Crippen molar-refractivity contribution >= 4 is 5.65 Å². The molecular weight excluding hydrogens is 212 g/mol. The van der Waals surface area contributed by atoms with Gasteiger partial charge in [0.25, 0.3) is 0 Å². The van der Waals surface area contributed by atoms with Crippen molar-refractivity contribution in [1.29, 1.82) is 0 Å². The zero-order valence-electron chi connectivity index (χ0n) is 9.97. The van der Waals surface area contributed by atoms with Gasteiger partial charge in [0.2, 0.25) is 0 Å². The van der Waals surface area contributed by atoms with E-state index in [0.717, 1.165) is 17.0 Å². The van der Waals surface area contributed by atoms with Gasteiger partial charge in [-0.25, -0.2) is 0 Å². The number of hydrogen-bond acceptors (Lipinski definition) is 3. The van der Waals surface area contributed by atoms with Crippen LogP contribution in [0.4, 0.5) is 0 Å². The Labute approximate surface area is 101 Å². The lowest BCUT2D eigenvalue weighted by atomic mass is 9.89. The van der Waals surface area contributed by atoms with Crippen LogP contribution >= 0.6 is 0 Å². The molecule has 0 spiro atoms. The molecular formula is C13H18N4.